The first-order chi connectivity index (χ1) is 9.08. The third kappa shape index (κ3) is 3.53. The fourth-order valence-electron chi connectivity index (χ4n) is 2.64. The van der Waals surface area contributed by atoms with E-state index in [1.54, 1.807) is 24.0 Å². The Morgan fingerprint density at radius 3 is 2.74 bits per heavy atom. The Hall–Kier alpha value is -1.43. The van der Waals surface area contributed by atoms with Crippen LogP contribution in [0.25, 0.3) is 0 Å². The number of aryl methyl sites for hydroxylation is 1. The number of carbonyl (C=O) groups excluding carboxylic acids is 1. The number of amides is 1. The number of nitrogens with two attached hydrogens (primary N) is 1. The van der Waals surface area contributed by atoms with Gasteiger partial charge < -0.3 is 11.1 Å². The van der Waals surface area contributed by atoms with Crippen molar-refractivity contribution in [3.8, 4) is 0 Å². The molecule has 1 aliphatic carbocycles. The fourth-order valence-corrected chi connectivity index (χ4v) is 2.89. The molecule has 0 bridgehead atoms. The first-order valence-corrected chi connectivity index (χ1v) is 7.08. The Labute approximate surface area is 118 Å². The zero-order chi connectivity index (χ0) is 13.8. The topological polar surface area (TPSA) is 72.9 Å². The third-order valence-corrected chi connectivity index (χ3v) is 3.91. The van der Waals surface area contributed by atoms with Gasteiger partial charge in [-0.15, -0.1) is 0 Å². The van der Waals surface area contributed by atoms with Crippen molar-refractivity contribution in [2.24, 2.45) is 18.7 Å². The van der Waals surface area contributed by atoms with Crippen molar-refractivity contribution >= 4 is 23.1 Å². The largest absolute Gasteiger partial charge is 0.392 e. The summed E-state index contributed by atoms with van der Waals surface area (Å²) in [5.41, 5.74) is 6.19. The molecule has 0 spiro atoms. The third-order valence-electron chi connectivity index (χ3n) is 3.66. The molecule has 1 heterocycles. The SMILES string of the molecule is Cn1ccc(C(=O)NC(C(N)=S)C2CCCCC2)n1. The highest BCUT2D eigenvalue weighted by Crippen LogP contribution is 2.26. The minimum atomic E-state index is -0.218. The second-order valence-corrected chi connectivity index (χ2v) is 5.60. The number of hydrogen-bond donors (Lipinski definition) is 2. The monoisotopic (exact) mass is 280 g/mol. The second kappa shape index (κ2) is 6.14. The highest BCUT2D eigenvalue weighted by atomic mass is 32.1. The molecule has 1 amide bonds. The van der Waals surface area contributed by atoms with Gasteiger partial charge in [0.2, 0.25) is 0 Å². The highest BCUT2D eigenvalue weighted by molar-refractivity contribution is 7.80. The number of thiocarbonyl (C=S) groups is 1. The van der Waals surface area contributed by atoms with E-state index < -0.39 is 0 Å². The van der Waals surface area contributed by atoms with Crippen molar-refractivity contribution in [3.63, 3.8) is 0 Å². The Morgan fingerprint density at radius 2 is 2.21 bits per heavy atom. The van der Waals surface area contributed by atoms with Crippen LogP contribution in [0.2, 0.25) is 0 Å². The molecule has 5 nitrogen and oxygen atoms in total. The molecule has 1 unspecified atom stereocenters. The van der Waals surface area contributed by atoms with E-state index in [0.29, 0.717) is 16.6 Å². The van der Waals surface area contributed by atoms with E-state index in [1.165, 1.54) is 19.3 Å². The van der Waals surface area contributed by atoms with Crippen LogP contribution in [0.3, 0.4) is 0 Å². The lowest BCUT2D eigenvalue weighted by atomic mass is 9.84. The fraction of sp³-hybridized carbons (Fsp3) is 0.615. The summed E-state index contributed by atoms with van der Waals surface area (Å²) < 4.78 is 1.60. The molecule has 2 rings (SSSR count). The molecule has 0 aliphatic heterocycles. The quantitative estimate of drug-likeness (QED) is 0.817. The van der Waals surface area contributed by atoms with Gasteiger partial charge in [0.1, 0.15) is 5.69 Å². The van der Waals surface area contributed by atoms with E-state index in [9.17, 15) is 4.79 Å². The van der Waals surface area contributed by atoms with Crippen LogP contribution < -0.4 is 11.1 Å². The van der Waals surface area contributed by atoms with Gasteiger partial charge in [-0.3, -0.25) is 9.48 Å². The van der Waals surface area contributed by atoms with E-state index in [4.69, 9.17) is 18.0 Å². The van der Waals surface area contributed by atoms with E-state index in [1.807, 2.05) is 0 Å². The molecule has 1 aromatic rings. The summed E-state index contributed by atoms with van der Waals surface area (Å²) in [7, 11) is 1.78. The van der Waals surface area contributed by atoms with Crippen molar-refractivity contribution in [1.29, 1.82) is 0 Å². The molecule has 1 aliphatic rings. The zero-order valence-electron chi connectivity index (χ0n) is 11.1. The first-order valence-electron chi connectivity index (χ1n) is 6.68. The number of hydrogen-bond acceptors (Lipinski definition) is 3. The van der Waals surface area contributed by atoms with Crippen molar-refractivity contribution < 1.29 is 4.79 Å². The minimum Gasteiger partial charge on any atom is -0.392 e. The highest BCUT2D eigenvalue weighted by Gasteiger charge is 2.27. The van der Waals surface area contributed by atoms with Crippen LogP contribution in [0.1, 0.15) is 42.6 Å². The Balaban J connectivity index is 2.04. The van der Waals surface area contributed by atoms with Crippen LogP contribution in [0.15, 0.2) is 12.3 Å². The summed E-state index contributed by atoms with van der Waals surface area (Å²) in [5, 5.41) is 7.02. The summed E-state index contributed by atoms with van der Waals surface area (Å²) >= 11 is 5.11. The number of nitrogens with one attached hydrogen (secondary N) is 1. The molecule has 19 heavy (non-hydrogen) atoms. The number of aromatic nitrogens is 2. The maximum Gasteiger partial charge on any atom is 0.272 e. The maximum absolute atomic E-state index is 12.1. The van der Waals surface area contributed by atoms with Gasteiger partial charge in [-0.2, -0.15) is 5.10 Å². The average Bonchev–Trinajstić information content (AvgIpc) is 2.83. The van der Waals surface area contributed by atoms with E-state index in [-0.39, 0.29) is 11.9 Å². The van der Waals surface area contributed by atoms with E-state index >= 15 is 0 Å². The van der Waals surface area contributed by atoms with Gasteiger partial charge in [0.15, 0.2) is 0 Å². The molecular formula is C13H20N4OS. The molecule has 3 N–H and O–H groups in total. The molecule has 1 saturated carbocycles. The summed E-state index contributed by atoms with van der Waals surface area (Å²) in [6.45, 7) is 0. The van der Waals surface area contributed by atoms with Crippen LogP contribution in [0, 0.1) is 5.92 Å². The maximum atomic E-state index is 12.1. The molecule has 0 radical (unpaired) electrons. The number of carbonyl (C=O) groups is 1. The lowest BCUT2D eigenvalue weighted by Gasteiger charge is -2.29. The molecule has 104 valence electrons. The van der Waals surface area contributed by atoms with Crippen molar-refractivity contribution in [2.75, 3.05) is 0 Å². The molecule has 1 atom stereocenters. The first kappa shape index (κ1) is 14.0. The van der Waals surface area contributed by atoms with E-state index in [0.717, 1.165) is 12.8 Å². The Morgan fingerprint density at radius 1 is 1.53 bits per heavy atom. The van der Waals surface area contributed by atoms with Gasteiger partial charge in [-0.1, -0.05) is 31.5 Å². The van der Waals surface area contributed by atoms with Crippen LogP contribution in [-0.4, -0.2) is 26.7 Å². The summed E-state index contributed by atoms with van der Waals surface area (Å²) in [6.07, 6.45) is 7.52. The molecule has 0 aromatic carbocycles. The summed E-state index contributed by atoms with van der Waals surface area (Å²) in [4.78, 5) is 12.5. The van der Waals surface area contributed by atoms with Gasteiger partial charge in [-0.05, 0) is 24.8 Å². The Kier molecular flexibility index (Phi) is 4.52. The minimum absolute atomic E-state index is 0.205. The lowest BCUT2D eigenvalue weighted by molar-refractivity contribution is 0.0926. The normalized spacial score (nSPS) is 17.9. The summed E-state index contributed by atoms with van der Waals surface area (Å²) in [6, 6.07) is 1.47. The van der Waals surface area contributed by atoms with Gasteiger partial charge in [-0.25, -0.2) is 0 Å². The van der Waals surface area contributed by atoms with Gasteiger partial charge >= 0.3 is 0 Å². The zero-order valence-corrected chi connectivity index (χ0v) is 11.9. The summed E-state index contributed by atoms with van der Waals surface area (Å²) in [5.74, 6) is 0.155. The molecule has 6 heteroatoms. The molecule has 1 fully saturated rings. The standard InChI is InChI=1S/C13H20N4OS/c1-17-8-7-10(16-17)13(18)15-11(12(14)19)9-5-3-2-4-6-9/h7-9,11H,2-6H2,1H3,(H2,14,19)(H,15,18). The molecular weight excluding hydrogens is 260 g/mol. The van der Waals surface area contributed by atoms with Crippen LogP contribution >= 0.6 is 12.2 Å². The van der Waals surface area contributed by atoms with Gasteiger partial charge in [0, 0.05) is 13.2 Å². The smallest absolute Gasteiger partial charge is 0.272 e. The lowest BCUT2D eigenvalue weighted by Crippen LogP contribution is -2.48. The predicted molar refractivity (Wildman–Crippen MR) is 77.8 cm³/mol. The van der Waals surface area contributed by atoms with Crippen molar-refractivity contribution in [2.45, 2.75) is 38.1 Å². The van der Waals surface area contributed by atoms with Gasteiger partial charge in [0.25, 0.3) is 5.91 Å². The van der Waals surface area contributed by atoms with Crippen molar-refractivity contribution in [1.82, 2.24) is 15.1 Å². The van der Waals surface area contributed by atoms with Crippen LogP contribution in [-0.2, 0) is 7.05 Å². The number of rotatable bonds is 4. The second-order valence-electron chi connectivity index (χ2n) is 5.13. The molecule has 1 aromatic heterocycles. The van der Waals surface area contributed by atoms with Crippen LogP contribution in [0.5, 0.6) is 0 Å². The predicted octanol–water partition coefficient (Wildman–Crippen LogP) is 1.38. The van der Waals surface area contributed by atoms with Gasteiger partial charge in [0.05, 0.1) is 11.0 Å². The molecule has 0 saturated heterocycles. The van der Waals surface area contributed by atoms with Crippen LogP contribution in [0.4, 0.5) is 0 Å². The van der Waals surface area contributed by atoms with E-state index in [2.05, 4.69) is 10.4 Å². The van der Waals surface area contributed by atoms with Crippen molar-refractivity contribution in [3.05, 3.63) is 18.0 Å². The average molecular weight is 280 g/mol. The Bertz CT molecular complexity index is 465. The number of nitrogens with zero attached hydrogens (tertiary/aromatic N) is 2.